The molecule has 1 amide bonds. The molecule has 0 unspecified atom stereocenters. The number of amides is 1. The lowest BCUT2D eigenvalue weighted by atomic mass is 10.2. The average Bonchev–Trinajstić information content (AvgIpc) is 2.69. The fraction of sp³-hybridized carbons (Fsp3) is 0.368. The highest BCUT2D eigenvalue weighted by molar-refractivity contribution is 6.03. The number of carbonyl (C=O) groups is 1. The maximum absolute atomic E-state index is 12.4. The molecule has 0 spiro atoms. The number of nitrogens with zero attached hydrogens (tertiary/aromatic N) is 2. The lowest BCUT2D eigenvalue weighted by Gasteiger charge is -2.26. The second-order valence-corrected chi connectivity index (χ2v) is 5.99. The van der Waals surface area contributed by atoms with Crippen LogP contribution in [0.3, 0.4) is 0 Å². The fourth-order valence-corrected chi connectivity index (χ4v) is 2.72. The van der Waals surface area contributed by atoms with Crippen LogP contribution < -0.4 is 15.4 Å². The molecule has 1 saturated heterocycles. The molecule has 7 nitrogen and oxygen atoms in total. The number of ether oxygens (including phenoxy) is 2. The van der Waals surface area contributed by atoms with Crippen molar-refractivity contribution < 1.29 is 14.3 Å². The first kappa shape index (κ1) is 18.2. The van der Waals surface area contributed by atoms with Crippen LogP contribution in [0.5, 0.6) is 5.75 Å². The van der Waals surface area contributed by atoms with Crippen molar-refractivity contribution in [1.29, 1.82) is 0 Å². The Morgan fingerprint density at radius 1 is 1.19 bits per heavy atom. The third kappa shape index (κ3) is 5.18. The molecule has 7 heteroatoms. The summed E-state index contributed by atoms with van der Waals surface area (Å²) in [5.41, 5.74) is 1.95. The molecule has 2 N–H and O–H groups in total. The highest BCUT2D eigenvalue weighted by Crippen LogP contribution is 2.16. The Morgan fingerprint density at radius 3 is 2.69 bits per heavy atom. The van der Waals surface area contributed by atoms with Crippen molar-refractivity contribution >= 4 is 17.3 Å². The number of aromatic nitrogens is 1. The summed E-state index contributed by atoms with van der Waals surface area (Å²) in [6.45, 7) is 5.28. The number of morpholine rings is 1. The molecule has 1 aromatic heterocycles. The first-order valence-corrected chi connectivity index (χ1v) is 8.70. The summed E-state index contributed by atoms with van der Waals surface area (Å²) in [7, 11) is 1.61. The number of methoxy groups -OCH3 is 1. The Bertz CT molecular complexity index is 715. The summed E-state index contributed by atoms with van der Waals surface area (Å²) >= 11 is 0. The van der Waals surface area contributed by atoms with Gasteiger partial charge in [0.25, 0.3) is 5.91 Å². The Kier molecular flexibility index (Phi) is 6.40. The predicted molar refractivity (Wildman–Crippen MR) is 101 cm³/mol. The Balaban J connectivity index is 1.52. The van der Waals surface area contributed by atoms with E-state index in [2.05, 4.69) is 20.5 Å². The van der Waals surface area contributed by atoms with Gasteiger partial charge in [0, 0.05) is 43.8 Å². The zero-order valence-corrected chi connectivity index (χ0v) is 14.9. The van der Waals surface area contributed by atoms with Crippen LogP contribution in [0.4, 0.5) is 11.4 Å². The van der Waals surface area contributed by atoms with Gasteiger partial charge in [0.15, 0.2) is 0 Å². The molecule has 26 heavy (non-hydrogen) atoms. The summed E-state index contributed by atoms with van der Waals surface area (Å²) < 4.78 is 10.5. The molecule has 2 heterocycles. The van der Waals surface area contributed by atoms with Gasteiger partial charge in [-0.15, -0.1) is 0 Å². The molecule has 2 aromatic rings. The van der Waals surface area contributed by atoms with E-state index in [0.717, 1.165) is 50.8 Å². The van der Waals surface area contributed by atoms with Crippen LogP contribution in [-0.2, 0) is 4.74 Å². The van der Waals surface area contributed by atoms with E-state index in [0.29, 0.717) is 11.4 Å². The average molecular weight is 356 g/mol. The summed E-state index contributed by atoms with van der Waals surface area (Å²) in [5.74, 6) is 0.500. The summed E-state index contributed by atoms with van der Waals surface area (Å²) in [6, 6.07) is 10.8. The van der Waals surface area contributed by atoms with Crippen molar-refractivity contribution in [2.75, 3.05) is 57.1 Å². The zero-order chi connectivity index (χ0) is 18.2. The van der Waals surface area contributed by atoms with E-state index in [9.17, 15) is 4.79 Å². The zero-order valence-electron chi connectivity index (χ0n) is 14.9. The van der Waals surface area contributed by atoms with E-state index >= 15 is 0 Å². The lowest BCUT2D eigenvalue weighted by Crippen LogP contribution is -2.39. The van der Waals surface area contributed by atoms with Crippen LogP contribution >= 0.6 is 0 Å². The Labute approximate surface area is 153 Å². The third-order valence-electron chi connectivity index (χ3n) is 4.20. The van der Waals surface area contributed by atoms with Crippen molar-refractivity contribution in [3.8, 4) is 5.75 Å². The van der Waals surface area contributed by atoms with E-state index < -0.39 is 0 Å². The van der Waals surface area contributed by atoms with E-state index in [1.807, 2.05) is 6.07 Å². The molecule has 0 aliphatic carbocycles. The molecule has 138 valence electrons. The molecule has 1 fully saturated rings. The van der Waals surface area contributed by atoms with Gasteiger partial charge in [0.05, 0.1) is 20.3 Å². The van der Waals surface area contributed by atoms with Crippen LogP contribution in [0, 0.1) is 0 Å². The molecule has 0 radical (unpaired) electrons. The van der Waals surface area contributed by atoms with Gasteiger partial charge in [-0.05, 0) is 36.4 Å². The molecule has 1 aliphatic heterocycles. The van der Waals surface area contributed by atoms with Gasteiger partial charge in [-0.2, -0.15) is 0 Å². The maximum Gasteiger partial charge on any atom is 0.274 e. The minimum absolute atomic E-state index is 0.244. The number of anilines is 2. The Hall–Kier alpha value is -2.64. The number of carbonyl (C=O) groups excluding carboxylic acids is 1. The number of hydrogen-bond donors (Lipinski definition) is 2. The van der Waals surface area contributed by atoms with Crippen LogP contribution in [-0.4, -0.2) is 62.3 Å². The second-order valence-electron chi connectivity index (χ2n) is 5.99. The monoisotopic (exact) mass is 356 g/mol. The molecule has 0 bridgehead atoms. The molecular formula is C19H24N4O3. The van der Waals surface area contributed by atoms with Gasteiger partial charge in [-0.25, -0.2) is 0 Å². The number of pyridine rings is 1. The topological polar surface area (TPSA) is 75.7 Å². The van der Waals surface area contributed by atoms with Gasteiger partial charge in [-0.3, -0.25) is 14.7 Å². The number of nitrogens with one attached hydrogen (secondary N) is 2. The van der Waals surface area contributed by atoms with Crippen molar-refractivity contribution in [3.63, 3.8) is 0 Å². The highest BCUT2D eigenvalue weighted by Gasteiger charge is 2.11. The van der Waals surface area contributed by atoms with Crippen LogP contribution in [0.2, 0.25) is 0 Å². The van der Waals surface area contributed by atoms with Crippen molar-refractivity contribution in [2.45, 2.75) is 0 Å². The van der Waals surface area contributed by atoms with Gasteiger partial charge in [0.2, 0.25) is 0 Å². The first-order valence-electron chi connectivity index (χ1n) is 8.70. The van der Waals surface area contributed by atoms with Crippen molar-refractivity contribution in [1.82, 2.24) is 9.88 Å². The summed E-state index contributed by atoms with van der Waals surface area (Å²) in [6.07, 6.45) is 1.64. The molecule has 1 aromatic carbocycles. The van der Waals surface area contributed by atoms with E-state index in [-0.39, 0.29) is 5.91 Å². The lowest BCUT2D eigenvalue weighted by molar-refractivity contribution is 0.0398. The van der Waals surface area contributed by atoms with Crippen LogP contribution in [0.15, 0.2) is 42.6 Å². The quantitative estimate of drug-likeness (QED) is 0.791. The number of rotatable bonds is 7. The van der Waals surface area contributed by atoms with Gasteiger partial charge >= 0.3 is 0 Å². The van der Waals surface area contributed by atoms with Gasteiger partial charge in [-0.1, -0.05) is 0 Å². The molecule has 3 rings (SSSR count). The normalized spacial score (nSPS) is 14.7. The molecular weight excluding hydrogens is 332 g/mol. The Morgan fingerprint density at radius 2 is 1.96 bits per heavy atom. The number of benzene rings is 1. The van der Waals surface area contributed by atoms with Gasteiger partial charge in [0.1, 0.15) is 11.4 Å². The molecule has 0 atom stereocenters. The second kappa shape index (κ2) is 9.17. The summed E-state index contributed by atoms with van der Waals surface area (Å²) in [5, 5.41) is 6.18. The smallest absolute Gasteiger partial charge is 0.274 e. The maximum atomic E-state index is 12.4. The minimum atomic E-state index is -0.244. The largest absolute Gasteiger partial charge is 0.497 e. The van der Waals surface area contributed by atoms with E-state index in [1.165, 1.54) is 0 Å². The van der Waals surface area contributed by atoms with E-state index in [1.54, 1.807) is 43.6 Å². The highest BCUT2D eigenvalue weighted by atomic mass is 16.5. The van der Waals surface area contributed by atoms with Crippen LogP contribution in [0.1, 0.15) is 10.5 Å². The van der Waals surface area contributed by atoms with E-state index in [4.69, 9.17) is 9.47 Å². The molecule has 0 saturated carbocycles. The van der Waals surface area contributed by atoms with Gasteiger partial charge < -0.3 is 20.1 Å². The first-order chi connectivity index (χ1) is 12.7. The fourth-order valence-electron chi connectivity index (χ4n) is 2.72. The molecule has 1 aliphatic rings. The minimum Gasteiger partial charge on any atom is -0.497 e. The van der Waals surface area contributed by atoms with Crippen molar-refractivity contribution in [3.05, 3.63) is 48.3 Å². The number of hydrogen-bond acceptors (Lipinski definition) is 6. The summed E-state index contributed by atoms with van der Waals surface area (Å²) in [4.78, 5) is 18.9. The van der Waals surface area contributed by atoms with Crippen LogP contribution in [0.25, 0.3) is 0 Å². The SMILES string of the molecule is COc1ccc(NC(=O)c2cc(NCCN3CCOCC3)ccn2)cc1. The van der Waals surface area contributed by atoms with Crippen molar-refractivity contribution in [2.24, 2.45) is 0 Å². The standard InChI is InChI=1S/C19H24N4O3/c1-25-17-4-2-15(3-5-17)22-19(24)18-14-16(6-7-21-18)20-8-9-23-10-12-26-13-11-23/h2-7,14H,8-13H2,1H3,(H,20,21)(H,22,24). The predicted octanol–water partition coefficient (Wildman–Crippen LogP) is 2.09. The third-order valence-corrected chi connectivity index (χ3v) is 4.20.